The number of thiocarbonyl (C=S) groups is 1. The predicted octanol–water partition coefficient (Wildman–Crippen LogP) is 5.19. The Balaban J connectivity index is 1.36. The van der Waals surface area contributed by atoms with Gasteiger partial charge in [-0.1, -0.05) is 23.2 Å². The van der Waals surface area contributed by atoms with Gasteiger partial charge >= 0.3 is 0 Å². The normalized spacial score (nSPS) is 11.4. The highest BCUT2D eigenvalue weighted by Crippen LogP contribution is 2.25. The van der Waals surface area contributed by atoms with Gasteiger partial charge in [-0.25, -0.2) is 31.5 Å². The van der Waals surface area contributed by atoms with E-state index >= 15 is 0 Å². The summed E-state index contributed by atoms with van der Waals surface area (Å²) in [5.74, 6) is -0.0384. The van der Waals surface area contributed by atoms with Gasteiger partial charge in [0.15, 0.2) is 5.11 Å². The zero-order valence-electron chi connectivity index (χ0n) is 19.1. The third kappa shape index (κ3) is 7.30. The Kier molecular flexibility index (Phi) is 8.33. The molecule has 0 aliphatic heterocycles. The minimum absolute atomic E-state index is 0.0137. The van der Waals surface area contributed by atoms with Gasteiger partial charge in [-0.2, -0.15) is 0 Å². The summed E-state index contributed by atoms with van der Waals surface area (Å²) in [6, 6.07) is 17.7. The molecule has 38 heavy (non-hydrogen) atoms. The average Bonchev–Trinajstić information content (AvgIpc) is 2.84. The third-order valence-electron chi connectivity index (χ3n) is 4.75. The molecule has 0 fully saturated rings. The van der Waals surface area contributed by atoms with Crippen LogP contribution in [0.15, 0.2) is 95.0 Å². The van der Waals surface area contributed by atoms with E-state index in [4.69, 9.17) is 35.4 Å². The first kappa shape index (κ1) is 27.5. The van der Waals surface area contributed by atoms with E-state index in [1.807, 2.05) is 0 Å². The highest BCUT2D eigenvalue weighted by molar-refractivity contribution is 7.93. The first-order valence-electron chi connectivity index (χ1n) is 10.6. The summed E-state index contributed by atoms with van der Waals surface area (Å²) >= 11 is 17.2. The van der Waals surface area contributed by atoms with Gasteiger partial charge in [0.1, 0.15) is 0 Å². The zero-order chi connectivity index (χ0) is 27.3. The molecule has 0 spiro atoms. The van der Waals surface area contributed by atoms with Crippen LogP contribution >= 0.6 is 35.4 Å². The Morgan fingerprint density at radius 2 is 1.11 bits per heavy atom. The molecule has 1 heterocycles. The van der Waals surface area contributed by atoms with Gasteiger partial charge in [0, 0.05) is 33.8 Å². The van der Waals surface area contributed by atoms with Crippen LogP contribution in [0.3, 0.4) is 0 Å². The molecule has 0 unspecified atom stereocenters. The highest BCUT2D eigenvalue weighted by Gasteiger charge is 2.16. The van der Waals surface area contributed by atoms with Crippen molar-refractivity contribution in [2.45, 2.75) is 9.79 Å². The van der Waals surface area contributed by atoms with Crippen molar-refractivity contribution in [2.24, 2.45) is 0 Å². The van der Waals surface area contributed by atoms with Gasteiger partial charge in [0.25, 0.3) is 20.0 Å². The molecule has 15 heteroatoms. The molecule has 4 N–H and O–H groups in total. The van der Waals surface area contributed by atoms with Crippen molar-refractivity contribution < 1.29 is 16.8 Å². The molecular formula is C23H18Cl2N6O4S3. The zero-order valence-corrected chi connectivity index (χ0v) is 23.1. The lowest BCUT2D eigenvalue weighted by Gasteiger charge is -2.13. The van der Waals surface area contributed by atoms with E-state index in [0.29, 0.717) is 21.4 Å². The lowest BCUT2D eigenvalue weighted by atomic mass is 10.3. The number of hydrogen-bond acceptors (Lipinski definition) is 7. The quantitative estimate of drug-likeness (QED) is 0.199. The number of anilines is 4. The van der Waals surface area contributed by atoms with E-state index < -0.39 is 20.0 Å². The molecule has 0 aliphatic carbocycles. The Morgan fingerprint density at radius 1 is 0.658 bits per heavy atom. The topological polar surface area (TPSA) is 142 Å². The van der Waals surface area contributed by atoms with E-state index in [-0.39, 0.29) is 26.5 Å². The molecule has 196 valence electrons. The minimum atomic E-state index is -3.88. The van der Waals surface area contributed by atoms with Crippen LogP contribution in [0.4, 0.5) is 23.0 Å². The number of nitrogens with zero attached hydrogens (tertiary/aromatic N) is 2. The fraction of sp³-hybridized carbons (Fsp3) is 0. The molecule has 4 rings (SSSR count). The molecule has 1 aromatic heterocycles. The molecule has 10 nitrogen and oxygen atoms in total. The summed E-state index contributed by atoms with van der Waals surface area (Å²) in [7, 11) is -7.75. The van der Waals surface area contributed by atoms with Crippen LogP contribution in [-0.2, 0) is 20.0 Å². The maximum atomic E-state index is 12.7. The molecule has 0 saturated heterocycles. The van der Waals surface area contributed by atoms with Gasteiger partial charge in [-0.15, -0.1) is 0 Å². The molecule has 0 amide bonds. The van der Waals surface area contributed by atoms with E-state index in [2.05, 4.69) is 30.0 Å². The maximum Gasteiger partial charge on any atom is 0.264 e. The van der Waals surface area contributed by atoms with Crippen molar-refractivity contribution in [3.05, 3.63) is 95.2 Å². The van der Waals surface area contributed by atoms with E-state index in [1.54, 1.807) is 18.2 Å². The monoisotopic (exact) mass is 608 g/mol. The Labute approximate surface area is 234 Å². The Hall–Kier alpha value is -3.49. The highest BCUT2D eigenvalue weighted by atomic mass is 35.5. The number of benzene rings is 3. The van der Waals surface area contributed by atoms with Crippen molar-refractivity contribution in [1.82, 2.24) is 9.97 Å². The van der Waals surface area contributed by atoms with Crippen LogP contribution in [-0.4, -0.2) is 31.9 Å². The minimum Gasteiger partial charge on any atom is -0.332 e. The molecule has 0 saturated carbocycles. The molecule has 0 atom stereocenters. The third-order valence-corrected chi connectivity index (χ3v) is 8.13. The van der Waals surface area contributed by atoms with Gasteiger partial charge in [-0.05, 0) is 85.0 Å². The summed E-state index contributed by atoms with van der Waals surface area (Å²) in [6.07, 6.45) is 2.85. The average molecular weight is 610 g/mol. The lowest BCUT2D eigenvalue weighted by molar-refractivity contribution is 0.599. The summed E-state index contributed by atoms with van der Waals surface area (Å²) in [4.78, 5) is 7.72. The van der Waals surface area contributed by atoms with Crippen molar-refractivity contribution in [3.63, 3.8) is 0 Å². The predicted molar refractivity (Wildman–Crippen MR) is 153 cm³/mol. The standard InChI is InChI=1S/C23H18Cl2N6O4S3/c24-15-12-16(25)14-19(13-15)30-37(32,33)20-6-2-17(3-7-20)28-23(36)29-18-4-8-21(9-5-18)38(34,35)31-22-26-10-1-11-27-22/h1-14,30H,(H,26,27,31)(H2,28,29,36). The summed E-state index contributed by atoms with van der Waals surface area (Å²) in [6.45, 7) is 0. The number of nitrogens with one attached hydrogen (secondary N) is 4. The van der Waals surface area contributed by atoms with E-state index in [1.165, 1.54) is 67.0 Å². The van der Waals surface area contributed by atoms with Crippen LogP contribution in [0.5, 0.6) is 0 Å². The van der Waals surface area contributed by atoms with Crippen LogP contribution < -0.4 is 20.1 Å². The number of hydrogen-bond donors (Lipinski definition) is 4. The summed E-state index contributed by atoms with van der Waals surface area (Å²) < 4.78 is 55.1. The van der Waals surface area contributed by atoms with Crippen LogP contribution in [0.2, 0.25) is 10.0 Å². The summed E-state index contributed by atoms with van der Waals surface area (Å²) in [5.41, 5.74) is 1.29. The van der Waals surface area contributed by atoms with E-state index in [0.717, 1.165) is 0 Å². The summed E-state index contributed by atoms with van der Waals surface area (Å²) in [5, 5.41) is 6.67. The molecule has 0 aliphatic rings. The first-order valence-corrected chi connectivity index (χ1v) is 14.7. The molecule has 4 aromatic rings. The Morgan fingerprint density at radius 3 is 1.58 bits per heavy atom. The fourth-order valence-electron chi connectivity index (χ4n) is 3.09. The van der Waals surface area contributed by atoms with Gasteiger partial charge in [-0.3, -0.25) is 4.72 Å². The van der Waals surface area contributed by atoms with Gasteiger partial charge < -0.3 is 10.6 Å². The first-order chi connectivity index (χ1) is 18.0. The second-order valence-electron chi connectivity index (χ2n) is 7.57. The van der Waals surface area contributed by atoms with Crippen molar-refractivity contribution in [2.75, 3.05) is 20.1 Å². The number of aromatic nitrogens is 2. The van der Waals surface area contributed by atoms with Gasteiger partial charge in [0.05, 0.1) is 15.5 Å². The number of rotatable bonds is 8. The lowest BCUT2D eigenvalue weighted by Crippen LogP contribution is -2.19. The van der Waals surface area contributed by atoms with Crippen LogP contribution in [0.25, 0.3) is 0 Å². The van der Waals surface area contributed by atoms with Crippen LogP contribution in [0.1, 0.15) is 0 Å². The van der Waals surface area contributed by atoms with E-state index in [9.17, 15) is 16.8 Å². The second-order valence-corrected chi connectivity index (χ2v) is 12.2. The SMILES string of the molecule is O=S(=O)(Nc1cc(Cl)cc(Cl)c1)c1ccc(NC(=S)Nc2ccc(S(=O)(=O)Nc3ncccn3)cc2)cc1. The van der Waals surface area contributed by atoms with Crippen molar-refractivity contribution >= 4 is 83.6 Å². The van der Waals surface area contributed by atoms with Crippen LogP contribution in [0, 0.1) is 0 Å². The fourth-order valence-corrected chi connectivity index (χ4v) is 5.85. The van der Waals surface area contributed by atoms with Crippen molar-refractivity contribution in [1.29, 1.82) is 0 Å². The largest absolute Gasteiger partial charge is 0.332 e. The molecular weight excluding hydrogens is 591 g/mol. The Bertz CT molecular complexity index is 1650. The molecule has 0 bridgehead atoms. The molecule has 0 radical (unpaired) electrons. The second kappa shape index (κ2) is 11.5. The smallest absolute Gasteiger partial charge is 0.264 e. The van der Waals surface area contributed by atoms with Crippen molar-refractivity contribution in [3.8, 4) is 0 Å². The maximum absolute atomic E-state index is 12.7. The number of halogens is 2. The van der Waals surface area contributed by atoms with Gasteiger partial charge in [0.2, 0.25) is 5.95 Å². The molecule has 3 aromatic carbocycles. The number of sulfonamides is 2.